The summed E-state index contributed by atoms with van der Waals surface area (Å²) in [4.78, 5) is 8.16. The molecule has 0 bridgehead atoms. The van der Waals surface area contributed by atoms with Gasteiger partial charge in [-0.3, -0.25) is 4.40 Å². The van der Waals surface area contributed by atoms with Gasteiger partial charge in [0.25, 0.3) is 0 Å². The van der Waals surface area contributed by atoms with Gasteiger partial charge < -0.3 is 0 Å². The molecule has 56 valence electrons. The smallest absolute Gasteiger partial charge is 0.235 e. The summed E-state index contributed by atoms with van der Waals surface area (Å²) in [6.45, 7) is 1.92. The van der Waals surface area contributed by atoms with E-state index in [1.165, 1.54) is 0 Å². The van der Waals surface area contributed by atoms with Crippen LogP contribution in [-0.2, 0) is 0 Å². The lowest BCUT2D eigenvalue weighted by atomic mass is 10.5. The Morgan fingerprint density at radius 2 is 2.27 bits per heavy atom. The summed E-state index contributed by atoms with van der Waals surface area (Å²) < 4.78 is 1.79. The molecule has 0 atom stereocenters. The third-order valence-electron chi connectivity index (χ3n) is 1.44. The number of hydrogen-bond acceptors (Lipinski definition) is 2. The van der Waals surface area contributed by atoms with Crippen LogP contribution in [0.1, 0.15) is 5.69 Å². The Morgan fingerprint density at radius 3 is 3.09 bits per heavy atom. The molecule has 2 aromatic heterocycles. The van der Waals surface area contributed by atoms with E-state index in [1.54, 1.807) is 10.6 Å². The number of nitrogens with zero attached hydrogens (tertiary/aromatic N) is 3. The Labute approximate surface area is 68.7 Å². The van der Waals surface area contributed by atoms with Gasteiger partial charge in [-0.15, -0.1) is 0 Å². The Bertz CT molecular complexity index is 393. The van der Waals surface area contributed by atoms with Crippen molar-refractivity contribution < 1.29 is 0 Å². The van der Waals surface area contributed by atoms with Gasteiger partial charge in [0.1, 0.15) is 5.15 Å². The first-order chi connectivity index (χ1) is 5.25. The predicted molar refractivity (Wildman–Crippen MR) is 42.7 cm³/mol. The topological polar surface area (TPSA) is 30.2 Å². The van der Waals surface area contributed by atoms with E-state index in [9.17, 15) is 0 Å². The minimum atomic E-state index is 0.475. The molecule has 0 unspecified atom stereocenters. The van der Waals surface area contributed by atoms with Crippen LogP contribution in [0.4, 0.5) is 0 Å². The van der Waals surface area contributed by atoms with Crippen molar-refractivity contribution in [2.75, 3.05) is 0 Å². The second kappa shape index (κ2) is 2.20. The minimum Gasteiger partial charge on any atom is -0.290 e. The molecule has 2 rings (SSSR count). The summed E-state index contributed by atoms with van der Waals surface area (Å²) in [5.41, 5.74) is 0.944. The molecule has 0 aromatic carbocycles. The lowest BCUT2D eigenvalue weighted by molar-refractivity contribution is 1.07. The van der Waals surface area contributed by atoms with Crippen molar-refractivity contribution in [3.05, 3.63) is 29.3 Å². The zero-order valence-electron chi connectivity index (χ0n) is 5.95. The van der Waals surface area contributed by atoms with Crippen molar-refractivity contribution >= 4 is 17.4 Å². The molecule has 0 N–H and O–H groups in total. The van der Waals surface area contributed by atoms with Crippen LogP contribution in [-0.4, -0.2) is 14.4 Å². The molecule has 0 fully saturated rings. The summed E-state index contributed by atoms with van der Waals surface area (Å²) in [5.74, 6) is 0.648. The van der Waals surface area contributed by atoms with E-state index in [0.29, 0.717) is 10.9 Å². The summed E-state index contributed by atoms with van der Waals surface area (Å²) in [6.07, 6.45) is 3.61. The molecule has 0 spiro atoms. The number of rotatable bonds is 0. The van der Waals surface area contributed by atoms with Crippen LogP contribution < -0.4 is 0 Å². The Morgan fingerprint density at radius 1 is 1.45 bits per heavy atom. The van der Waals surface area contributed by atoms with Crippen LogP contribution >= 0.6 is 11.6 Å². The van der Waals surface area contributed by atoms with Crippen molar-refractivity contribution in [1.82, 2.24) is 14.4 Å². The average Bonchev–Trinajstić information content (AvgIpc) is 2.27. The highest BCUT2D eigenvalue weighted by Crippen LogP contribution is 2.07. The van der Waals surface area contributed by atoms with Gasteiger partial charge in [-0.1, -0.05) is 11.6 Å². The third-order valence-corrected chi connectivity index (χ3v) is 1.62. The molecule has 3 nitrogen and oxygen atoms in total. The van der Waals surface area contributed by atoms with Gasteiger partial charge in [-0.25, -0.2) is 4.98 Å². The normalized spacial score (nSPS) is 10.7. The molecule has 2 heterocycles. The van der Waals surface area contributed by atoms with Crippen LogP contribution in [0.2, 0.25) is 5.15 Å². The van der Waals surface area contributed by atoms with Gasteiger partial charge in [0.05, 0.1) is 0 Å². The number of halogens is 1. The van der Waals surface area contributed by atoms with Gasteiger partial charge in [-0.2, -0.15) is 4.98 Å². The molecule has 4 heteroatoms. The zero-order chi connectivity index (χ0) is 7.84. The van der Waals surface area contributed by atoms with Crippen LogP contribution in [0.5, 0.6) is 0 Å². The number of aromatic nitrogens is 3. The van der Waals surface area contributed by atoms with Crippen molar-refractivity contribution in [3.8, 4) is 0 Å². The molecule has 0 aliphatic rings. The zero-order valence-corrected chi connectivity index (χ0v) is 6.71. The second-order valence-corrected chi connectivity index (χ2v) is 2.73. The average molecular weight is 168 g/mol. The highest BCUT2D eigenvalue weighted by atomic mass is 35.5. The summed E-state index contributed by atoms with van der Waals surface area (Å²) in [6, 6.07) is 1.91. The van der Waals surface area contributed by atoms with Crippen molar-refractivity contribution in [2.45, 2.75) is 6.92 Å². The maximum atomic E-state index is 5.66. The fourth-order valence-electron chi connectivity index (χ4n) is 0.930. The summed E-state index contributed by atoms with van der Waals surface area (Å²) in [5, 5.41) is 0.475. The van der Waals surface area contributed by atoms with Crippen LogP contribution in [0, 0.1) is 6.92 Å². The lowest BCUT2D eigenvalue weighted by Gasteiger charge is -1.91. The van der Waals surface area contributed by atoms with Gasteiger partial charge in [0.2, 0.25) is 5.78 Å². The molecule has 11 heavy (non-hydrogen) atoms. The SMILES string of the molecule is Cc1ccn2cc(Cl)nc2n1. The fraction of sp³-hybridized carbons (Fsp3) is 0.143. The maximum absolute atomic E-state index is 5.66. The first-order valence-electron chi connectivity index (χ1n) is 3.23. The number of imidazole rings is 1. The Kier molecular flexibility index (Phi) is 1.32. The molecule has 0 radical (unpaired) electrons. The van der Waals surface area contributed by atoms with Gasteiger partial charge in [0, 0.05) is 18.1 Å². The van der Waals surface area contributed by atoms with Crippen molar-refractivity contribution in [1.29, 1.82) is 0 Å². The van der Waals surface area contributed by atoms with E-state index in [2.05, 4.69) is 9.97 Å². The number of aryl methyl sites for hydroxylation is 1. The second-order valence-electron chi connectivity index (χ2n) is 2.34. The van der Waals surface area contributed by atoms with Gasteiger partial charge >= 0.3 is 0 Å². The van der Waals surface area contributed by atoms with E-state index in [4.69, 9.17) is 11.6 Å². The quantitative estimate of drug-likeness (QED) is 0.598. The van der Waals surface area contributed by atoms with E-state index in [-0.39, 0.29) is 0 Å². The predicted octanol–water partition coefficient (Wildman–Crippen LogP) is 1.69. The lowest BCUT2D eigenvalue weighted by Crippen LogP contribution is -1.88. The van der Waals surface area contributed by atoms with E-state index >= 15 is 0 Å². The van der Waals surface area contributed by atoms with Crippen molar-refractivity contribution in [2.24, 2.45) is 0 Å². The Hall–Kier alpha value is -1.09. The van der Waals surface area contributed by atoms with Crippen LogP contribution in [0.3, 0.4) is 0 Å². The molecule has 0 saturated heterocycles. The molecule has 2 aromatic rings. The maximum Gasteiger partial charge on any atom is 0.235 e. The molecular formula is C7H6ClN3. The first-order valence-corrected chi connectivity index (χ1v) is 3.61. The molecular weight excluding hydrogens is 162 g/mol. The highest BCUT2D eigenvalue weighted by molar-refractivity contribution is 6.29. The van der Waals surface area contributed by atoms with Gasteiger partial charge in [-0.05, 0) is 13.0 Å². The van der Waals surface area contributed by atoms with Gasteiger partial charge in [0.15, 0.2) is 0 Å². The van der Waals surface area contributed by atoms with Crippen LogP contribution in [0.15, 0.2) is 18.5 Å². The first kappa shape index (κ1) is 6.61. The molecule has 0 amide bonds. The third kappa shape index (κ3) is 1.07. The van der Waals surface area contributed by atoms with E-state index < -0.39 is 0 Å². The Balaban J connectivity index is 2.82. The summed E-state index contributed by atoms with van der Waals surface area (Å²) >= 11 is 5.66. The molecule has 0 aliphatic heterocycles. The molecule has 0 aliphatic carbocycles. The standard InChI is InChI=1S/C7H6ClN3/c1-5-2-3-11-4-6(8)10-7(11)9-5/h2-4H,1H3. The number of fused-ring (bicyclic) bond motifs is 1. The van der Waals surface area contributed by atoms with Crippen LogP contribution in [0.25, 0.3) is 5.78 Å². The highest BCUT2D eigenvalue weighted by Gasteiger charge is 1.98. The van der Waals surface area contributed by atoms with E-state index in [1.807, 2.05) is 19.2 Å². The largest absolute Gasteiger partial charge is 0.290 e. The minimum absolute atomic E-state index is 0.475. The monoisotopic (exact) mass is 167 g/mol. The summed E-state index contributed by atoms with van der Waals surface area (Å²) in [7, 11) is 0. The van der Waals surface area contributed by atoms with E-state index in [0.717, 1.165) is 5.69 Å². The van der Waals surface area contributed by atoms with Crippen molar-refractivity contribution in [3.63, 3.8) is 0 Å². The fourth-order valence-corrected chi connectivity index (χ4v) is 1.11. The number of hydrogen-bond donors (Lipinski definition) is 0. The molecule has 0 saturated carbocycles.